The highest BCUT2D eigenvalue weighted by Gasteiger charge is 2.32. The molecule has 0 bridgehead atoms. The number of aromatic amines is 1. The molecule has 3 rings (SSSR count). The van der Waals surface area contributed by atoms with Gasteiger partial charge >= 0.3 is 0 Å². The van der Waals surface area contributed by atoms with Crippen LogP contribution < -0.4 is 10.6 Å². The molecule has 0 radical (unpaired) electrons. The molecule has 1 aliphatic heterocycles. The minimum absolute atomic E-state index is 0. The number of piperidine rings is 1. The van der Waals surface area contributed by atoms with Gasteiger partial charge in [0, 0.05) is 30.5 Å². The second-order valence-electron chi connectivity index (χ2n) is 6.72. The number of halogens is 2. The van der Waals surface area contributed by atoms with E-state index in [9.17, 15) is 4.79 Å². The molecule has 1 fully saturated rings. The van der Waals surface area contributed by atoms with E-state index < -0.39 is 0 Å². The van der Waals surface area contributed by atoms with Crippen LogP contribution in [0.3, 0.4) is 0 Å². The van der Waals surface area contributed by atoms with E-state index in [1.807, 2.05) is 19.9 Å². The van der Waals surface area contributed by atoms with E-state index >= 15 is 0 Å². The fourth-order valence-corrected chi connectivity index (χ4v) is 3.48. The van der Waals surface area contributed by atoms with Crippen molar-refractivity contribution in [2.75, 3.05) is 33.4 Å². The monoisotopic (exact) mass is 403 g/mol. The summed E-state index contributed by atoms with van der Waals surface area (Å²) in [5.74, 6) is -0.0796. The number of H-pyrrole nitrogens is 1. The van der Waals surface area contributed by atoms with Crippen LogP contribution in [0.15, 0.2) is 6.07 Å². The summed E-state index contributed by atoms with van der Waals surface area (Å²) < 4.78 is 5.41. The highest BCUT2D eigenvalue weighted by Crippen LogP contribution is 2.28. The van der Waals surface area contributed by atoms with Crippen molar-refractivity contribution < 1.29 is 9.53 Å². The number of nitrogens with one attached hydrogen (secondary N) is 3. The van der Waals surface area contributed by atoms with E-state index in [0.717, 1.165) is 42.7 Å². The topological polar surface area (TPSA) is 91.9 Å². The number of amides is 1. The first-order valence-electron chi connectivity index (χ1n) is 8.35. The average molecular weight is 404 g/mol. The normalized spacial score (nSPS) is 15.8. The molecule has 0 atom stereocenters. The molecule has 0 unspecified atom stereocenters. The predicted octanol–water partition coefficient (Wildman–Crippen LogP) is 2.16. The molecule has 9 heteroatoms. The number of methoxy groups -OCH3 is 1. The molecular weight excluding hydrogens is 377 g/mol. The molecule has 146 valence electrons. The third-order valence-corrected chi connectivity index (χ3v) is 4.82. The highest BCUT2D eigenvalue weighted by atomic mass is 35.5. The second-order valence-corrected chi connectivity index (χ2v) is 6.72. The third kappa shape index (κ3) is 4.65. The van der Waals surface area contributed by atoms with Crippen LogP contribution in [-0.2, 0) is 4.74 Å². The molecule has 2 aromatic rings. The molecule has 0 aromatic carbocycles. The van der Waals surface area contributed by atoms with Crippen LogP contribution in [0.4, 0.5) is 0 Å². The molecule has 3 N–H and O–H groups in total. The number of ether oxygens (including phenoxy) is 1. The number of pyridine rings is 1. The lowest BCUT2D eigenvalue weighted by molar-refractivity contribution is 0.0512. The molecule has 2 aromatic heterocycles. The summed E-state index contributed by atoms with van der Waals surface area (Å²) in [4.78, 5) is 17.2. The Kier molecular flexibility index (Phi) is 8.27. The Morgan fingerprint density at radius 1 is 1.31 bits per heavy atom. The van der Waals surface area contributed by atoms with Crippen LogP contribution in [-0.4, -0.2) is 54.4 Å². The van der Waals surface area contributed by atoms with Gasteiger partial charge in [-0.25, -0.2) is 4.98 Å². The molecule has 0 aliphatic carbocycles. The lowest BCUT2D eigenvalue weighted by Crippen LogP contribution is -2.47. The van der Waals surface area contributed by atoms with Gasteiger partial charge in [0.25, 0.3) is 5.91 Å². The Labute approximate surface area is 165 Å². The number of carbonyl (C=O) groups excluding carboxylic acids is 1. The Morgan fingerprint density at radius 2 is 2.00 bits per heavy atom. The number of carbonyl (C=O) groups is 1. The van der Waals surface area contributed by atoms with Crippen molar-refractivity contribution in [2.24, 2.45) is 5.41 Å². The van der Waals surface area contributed by atoms with Gasteiger partial charge in [0.15, 0.2) is 5.65 Å². The Bertz CT molecular complexity index is 739. The van der Waals surface area contributed by atoms with Gasteiger partial charge in [-0.15, -0.1) is 24.8 Å². The van der Waals surface area contributed by atoms with E-state index in [-0.39, 0.29) is 36.1 Å². The smallest absolute Gasteiger partial charge is 0.252 e. The summed E-state index contributed by atoms with van der Waals surface area (Å²) in [6, 6.07) is 1.83. The minimum atomic E-state index is -0.0796. The Balaban J connectivity index is 0.00000169. The van der Waals surface area contributed by atoms with E-state index in [2.05, 4.69) is 25.8 Å². The van der Waals surface area contributed by atoms with Crippen molar-refractivity contribution in [3.63, 3.8) is 0 Å². The van der Waals surface area contributed by atoms with Gasteiger partial charge in [-0.1, -0.05) is 0 Å². The SMILES string of the molecule is COCC1(CNC(=O)c2cc(C)nc3n[nH]c(C)c23)CCNCC1.Cl.Cl. The molecule has 1 amide bonds. The van der Waals surface area contributed by atoms with Gasteiger partial charge in [0.2, 0.25) is 0 Å². The lowest BCUT2D eigenvalue weighted by Gasteiger charge is -2.37. The van der Waals surface area contributed by atoms with Crippen LogP contribution in [0.1, 0.15) is 34.6 Å². The zero-order valence-electron chi connectivity index (χ0n) is 15.3. The van der Waals surface area contributed by atoms with Crippen molar-refractivity contribution in [1.29, 1.82) is 0 Å². The van der Waals surface area contributed by atoms with Gasteiger partial charge in [-0.2, -0.15) is 5.10 Å². The summed E-state index contributed by atoms with van der Waals surface area (Å²) in [7, 11) is 1.72. The molecule has 1 aliphatic rings. The molecule has 3 heterocycles. The third-order valence-electron chi connectivity index (χ3n) is 4.82. The van der Waals surface area contributed by atoms with Crippen LogP contribution in [0.2, 0.25) is 0 Å². The maximum Gasteiger partial charge on any atom is 0.252 e. The molecule has 1 saturated heterocycles. The zero-order valence-corrected chi connectivity index (χ0v) is 17.0. The second kappa shape index (κ2) is 9.50. The number of hydrogen-bond donors (Lipinski definition) is 3. The van der Waals surface area contributed by atoms with Crippen LogP contribution in [0.5, 0.6) is 0 Å². The standard InChI is InChI=1S/C17H25N5O2.2ClH/c1-11-8-13(14-12(2)21-22-15(14)20-11)16(23)19-9-17(10-24-3)4-6-18-7-5-17;;/h8,18H,4-7,9-10H2,1-3H3,(H,19,23)(H,20,21,22);2*1H. The molecule has 7 nitrogen and oxygen atoms in total. The van der Waals surface area contributed by atoms with Crippen molar-refractivity contribution in [2.45, 2.75) is 26.7 Å². The number of hydrogen-bond acceptors (Lipinski definition) is 5. The summed E-state index contributed by atoms with van der Waals surface area (Å²) >= 11 is 0. The summed E-state index contributed by atoms with van der Waals surface area (Å²) in [5, 5.41) is 14.4. The van der Waals surface area contributed by atoms with Gasteiger partial charge in [0.1, 0.15) is 0 Å². The Morgan fingerprint density at radius 3 is 2.65 bits per heavy atom. The molecule has 0 saturated carbocycles. The predicted molar refractivity (Wildman–Crippen MR) is 107 cm³/mol. The van der Waals surface area contributed by atoms with E-state index in [1.165, 1.54) is 0 Å². The lowest BCUT2D eigenvalue weighted by atomic mass is 9.79. The van der Waals surface area contributed by atoms with Gasteiger partial charge < -0.3 is 15.4 Å². The number of aromatic nitrogens is 3. The van der Waals surface area contributed by atoms with Gasteiger partial charge in [-0.05, 0) is 45.8 Å². The van der Waals surface area contributed by atoms with Crippen molar-refractivity contribution in [3.05, 3.63) is 23.0 Å². The fraction of sp³-hybridized carbons (Fsp3) is 0.588. The maximum absolute atomic E-state index is 12.8. The first-order chi connectivity index (χ1) is 11.5. The van der Waals surface area contributed by atoms with E-state index in [4.69, 9.17) is 4.74 Å². The summed E-state index contributed by atoms with van der Waals surface area (Å²) in [6.45, 7) is 6.96. The average Bonchev–Trinajstić information content (AvgIpc) is 2.94. The quantitative estimate of drug-likeness (QED) is 0.711. The van der Waals surface area contributed by atoms with Gasteiger partial charge in [0.05, 0.1) is 17.6 Å². The molecule has 26 heavy (non-hydrogen) atoms. The van der Waals surface area contributed by atoms with Gasteiger partial charge in [-0.3, -0.25) is 9.89 Å². The zero-order chi connectivity index (χ0) is 17.2. The van der Waals surface area contributed by atoms with E-state index in [1.54, 1.807) is 7.11 Å². The number of aryl methyl sites for hydroxylation is 2. The summed E-state index contributed by atoms with van der Waals surface area (Å²) in [5.41, 5.74) is 2.86. The van der Waals surface area contributed by atoms with Crippen molar-refractivity contribution in [1.82, 2.24) is 25.8 Å². The largest absolute Gasteiger partial charge is 0.384 e. The molecule has 0 spiro atoms. The molecular formula is C17H27Cl2N5O2. The first-order valence-corrected chi connectivity index (χ1v) is 8.35. The number of rotatable bonds is 5. The minimum Gasteiger partial charge on any atom is -0.384 e. The van der Waals surface area contributed by atoms with Crippen LogP contribution in [0, 0.1) is 19.3 Å². The van der Waals surface area contributed by atoms with Crippen LogP contribution in [0.25, 0.3) is 11.0 Å². The number of fused-ring (bicyclic) bond motifs is 1. The Hall–Kier alpha value is -1.41. The van der Waals surface area contributed by atoms with Crippen LogP contribution >= 0.6 is 24.8 Å². The maximum atomic E-state index is 12.8. The highest BCUT2D eigenvalue weighted by molar-refractivity contribution is 6.06. The number of nitrogens with zero attached hydrogens (tertiary/aromatic N) is 2. The van der Waals surface area contributed by atoms with Crippen molar-refractivity contribution >= 4 is 41.8 Å². The van der Waals surface area contributed by atoms with Crippen molar-refractivity contribution in [3.8, 4) is 0 Å². The first kappa shape index (κ1) is 22.6. The fourth-order valence-electron chi connectivity index (χ4n) is 3.48. The summed E-state index contributed by atoms with van der Waals surface area (Å²) in [6.07, 6.45) is 1.99. The van der Waals surface area contributed by atoms with E-state index in [0.29, 0.717) is 24.4 Å².